The number of carboxylic acid groups (broad SMARTS) is 1. The number of ether oxygens (including phenoxy) is 2. The first-order valence-corrected chi connectivity index (χ1v) is 9.80. The van der Waals surface area contributed by atoms with Crippen LogP contribution in [0.3, 0.4) is 0 Å². The van der Waals surface area contributed by atoms with E-state index in [1.54, 1.807) is 6.07 Å². The number of hydrazine groups is 1. The fourth-order valence-electron chi connectivity index (χ4n) is 2.27. The van der Waals surface area contributed by atoms with Gasteiger partial charge in [0, 0.05) is 10.0 Å². The van der Waals surface area contributed by atoms with E-state index < -0.39 is 21.9 Å². The number of carbonyl (C=O) groups is 2. The normalized spacial score (nSPS) is 13.1. The van der Waals surface area contributed by atoms with E-state index in [0.29, 0.717) is 24.7 Å². The van der Waals surface area contributed by atoms with Gasteiger partial charge in [-0.25, -0.2) is 13.2 Å². The summed E-state index contributed by atoms with van der Waals surface area (Å²) in [6.07, 6.45) is 0. The molecule has 1 amide bonds. The smallest absolute Gasteiger partial charge is 0.335 e. The number of rotatable bonds is 5. The summed E-state index contributed by atoms with van der Waals surface area (Å²) in [7, 11) is -4.22. The van der Waals surface area contributed by atoms with E-state index in [0.717, 1.165) is 6.07 Å². The van der Waals surface area contributed by atoms with Crippen LogP contribution in [0.15, 0.2) is 45.8 Å². The number of carbonyl (C=O) groups excluding carboxylic acids is 1. The van der Waals surface area contributed by atoms with Crippen LogP contribution in [0.25, 0.3) is 0 Å². The van der Waals surface area contributed by atoms with Crippen LogP contribution < -0.4 is 19.7 Å². The molecule has 1 heterocycles. The monoisotopic (exact) mass is 456 g/mol. The van der Waals surface area contributed by atoms with Gasteiger partial charge in [-0.15, -0.1) is 4.83 Å². The molecule has 11 heteroatoms. The molecule has 3 rings (SSSR count). The number of sulfonamides is 1. The summed E-state index contributed by atoms with van der Waals surface area (Å²) in [6, 6.07) is 7.95. The Kier molecular flexibility index (Phi) is 5.35. The van der Waals surface area contributed by atoms with Crippen molar-refractivity contribution in [2.45, 2.75) is 4.90 Å². The van der Waals surface area contributed by atoms with E-state index in [4.69, 9.17) is 14.6 Å². The lowest BCUT2D eigenvalue weighted by Gasteiger charge is -2.18. The van der Waals surface area contributed by atoms with Crippen molar-refractivity contribution in [3.8, 4) is 11.5 Å². The second kappa shape index (κ2) is 7.55. The number of carboxylic acids is 1. The number of benzene rings is 2. The largest absolute Gasteiger partial charge is 0.486 e. The quantitative estimate of drug-likeness (QED) is 0.581. The van der Waals surface area contributed by atoms with Crippen molar-refractivity contribution >= 4 is 37.8 Å². The molecule has 27 heavy (non-hydrogen) atoms. The number of amides is 1. The minimum Gasteiger partial charge on any atom is -0.486 e. The number of fused-ring (bicyclic) bond motifs is 1. The molecule has 2 aromatic carbocycles. The number of hydrogen-bond donors (Lipinski definition) is 3. The Labute approximate surface area is 162 Å². The van der Waals surface area contributed by atoms with Crippen molar-refractivity contribution in [1.82, 2.24) is 10.3 Å². The third kappa shape index (κ3) is 4.21. The van der Waals surface area contributed by atoms with E-state index in [-0.39, 0.29) is 20.5 Å². The lowest BCUT2D eigenvalue weighted by molar-refractivity contribution is 0.0696. The molecule has 0 atom stereocenters. The minimum absolute atomic E-state index is 0.147. The molecule has 2 aromatic rings. The highest BCUT2D eigenvalue weighted by Gasteiger charge is 2.21. The van der Waals surface area contributed by atoms with Crippen LogP contribution in [0.5, 0.6) is 11.5 Å². The number of hydrogen-bond acceptors (Lipinski definition) is 6. The van der Waals surface area contributed by atoms with Crippen LogP contribution in [0.4, 0.5) is 0 Å². The molecule has 0 bridgehead atoms. The Morgan fingerprint density at radius 3 is 2.37 bits per heavy atom. The van der Waals surface area contributed by atoms with Crippen molar-refractivity contribution in [3.05, 3.63) is 52.0 Å². The SMILES string of the molecule is O=C(O)c1ccc(Br)c(S(=O)(=O)NNC(=O)c2ccc3c(c2)OCCO3)c1. The molecule has 3 N–H and O–H groups in total. The van der Waals surface area contributed by atoms with Crippen molar-refractivity contribution in [1.29, 1.82) is 0 Å². The predicted octanol–water partition coefficient (Wildman–Crippen LogP) is 1.54. The summed E-state index contributed by atoms with van der Waals surface area (Å²) in [5, 5.41) is 9.01. The predicted molar refractivity (Wildman–Crippen MR) is 96.3 cm³/mol. The molecular weight excluding hydrogens is 444 g/mol. The second-order valence-corrected chi connectivity index (χ2v) is 7.87. The van der Waals surface area contributed by atoms with Crippen molar-refractivity contribution in [2.75, 3.05) is 13.2 Å². The topological polar surface area (TPSA) is 131 Å². The van der Waals surface area contributed by atoms with Crippen molar-refractivity contribution in [3.63, 3.8) is 0 Å². The van der Waals surface area contributed by atoms with Gasteiger partial charge >= 0.3 is 5.97 Å². The number of halogens is 1. The van der Waals surface area contributed by atoms with Gasteiger partial charge in [0.05, 0.1) is 10.5 Å². The molecule has 0 aromatic heterocycles. The van der Waals surface area contributed by atoms with Gasteiger partial charge < -0.3 is 14.6 Å². The first kappa shape index (κ1) is 19.1. The lowest BCUT2D eigenvalue weighted by Crippen LogP contribution is -2.41. The summed E-state index contributed by atoms with van der Waals surface area (Å²) >= 11 is 3.05. The highest BCUT2D eigenvalue weighted by atomic mass is 79.9. The molecule has 9 nitrogen and oxygen atoms in total. The van der Waals surface area contributed by atoms with Gasteiger partial charge in [-0.1, -0.05) is 0 Å². The summed E-state index contributed by atoms with van der Waals surface area (Å²) < 4.78 is 35.7. The molecule has 1 aliphatic rings. The van der Waals surface area contributed by atoms with Crippen LogP contribution in [-0.2, 0) is 10.0 Å². The number of aromatic carboxylic acids is 1. The maximum Gasteiger partial charge on any atom is 0.335 e. The zero-order valence-electron chi connectivity index (χ0n) is 13.6. The number of nitrogens with one attached hydrogen (secondary N) is 2. The van der Waals surface area contributed by atoms with Crippen molar-refractivity contribution in [2.24, 2.45) is 0 Å². The third-order valence-electron chi connectivity index (χ3n) is 3.57. The van der Waals surface area contributed by atoms with Gasteiger partial charge in [0.15, 0.2) is 11.5 Å². The Morgan fingerprint density at radius 2 is 1.67 bits per heavy atom. The molecule has 0 spiro atoms. The highest BCUT2D eigenvalue weighted by molar-refractivity contribution is 9.10. The molecule has 0 saturated carbocycles. The Balaban J connectivity index is 1.76. The third-order valence-corrected chi connectivity index (χ3v) is 5.81. The van der Waals surface area contributed by atoms with Crippen molar-refractivity contribution < 1.29 is 32.6 Å². The summed E-state index contributed by atoms with van der Waals surface area (Å²) in [5.74, 6) is -1.12. The van der Waals surface area contributed by atoms with Gasteiger partial charge in [0.2, 0.25) is 0 Å². The van der Waals surface area contributed by atoms with E-state index >= 15 is 0 Å². The Bertz CT molecular complexity index is 1020. The first-order chi connectivity index (χ1) is 12.8. The Morgan fingerprint density at radius 1 is 1.00 bits per heavy atom. The van der Waals surface area contributed by atoms with Gasteiger partial charge in [-0.3, -0.25) is 10.2 Å². The first-order valence-electron chi connectivity index (χ1n) is 7.52. The van der Waals surface area contributed by atoms with Gasteiger partial charge in [-0.05, 0) is 52.3 Å². The van der Waals surface area contributed by atoms with E-state index in [1.807, 2.05) is 4.83 Å². The molecule has 0 aliphatic carbocycles. The summed E-state index contributed by atoms with van der Waals surface area (Å²) in [6.45, 7) is 0.751. The standard InChI is InChI=1S/C16H13BrN2O7S/c17-11-3-1-10(16(21)22)8-14(11)27(23,24)19-18-15(20)9-2-4-12-13(7-9)26-6-5-25-12/h1-4,7-8,19H,5-6H2,(H,18,20)(H,21,22). The maximum absolute atomic E-state index is 12.4. The molecule has 1 aliphatic heterocycles. The van der Waals surface area contributed by atoms with Gasteiger partial charge in [-0.2, -0.15) is 0 Å². The molecular formula is C16H13BrN2O7S. The zero-order valence-corrected chi connectivity index (χ0v) is 16.0. The summed E-state index contributed by atoms with van der Waals surface area (Å²) in [5.41, 5.74) is 2.02. The average molecular weight is 457 g/mol. The van der Waals surface area contributed by atoms with E-state index in [1.165, 1.54) is 24.3 Å². The highest BCUT2D eigenvalue weighted by Crippen LogP contribution is 2.30. The van der Waals surface area contributed by atoms with Crippen LogP contribution in [-0.4, -0.2) is 38.6 Å². The van der Waals surface area contributed by atoms with Gasteiger partial charge in [0.1, 0.15) is 13.2 Å². The molecule has 0 radical (unpaired) electrons. The van der Waals surface area contributed by atoms with Crippen LogP contribution in [0.1, 0.15) is 20.7 Å². The lowest BCUT2D eigenvalue weighted by atomic mass is 10.2. The fourth-order valence-corrected chi connectivity index (χ4v) is 4.10. The molecule has 0 saturated heterocycles. The molecule has 142 valence electrons. The maximum atomic E-state index is 12.4. The van der Waals surface area contributed by atoms with Crippen LogP contribution in [0.2, 0.25) is 0 Å². The van der Waals surface area contributed by atoms with E-state index in [2.05, 4.69) is 21.4 Å². The van der Waals surface area contributed by atoms with Gasteiger partial charge in [0.25, 0.3) is 15.9 Å². The molecule has 0 fully saturated rings. The van der Waals surface area contributed by atoms with Crippen LogP contribution in [0, 0.1) is 0 Å². The minimum atomic E-state index is -4.22. The fraction of sp³-hybridized carbons (Fsp3) is 0.125. The average Bonchev–Trinajstić information content (AvgIpc) is 2.65. The second-order valence-electron chi connectivity index (χ2n) is 5.37. The Hall–Kier alpha value is -2.63. The zero-order chi connectivity index (χ0) is 19.6. The molecule has 0 unspecified atom stereocenters. The van der Waals surface area contributed by atoms with E-state index in [9.17, 15) is 18.0 Å². The summed E-state index contributed by atoms with van der Waals surface area (Å²) in [4.78, 5) is 24.9. The van der Waals surface area contributed by atoms with Crippen LogP contribution >= 0.6 is 15.9 Å².